The summed E-state index contributed by atoms with van der Waals surface area (Å²) in [4.78, 5) is 4.20. The van der Waals surface area contributed by atoms with Gasteiger partial charge in [0.15, 0.2) is 5.76 Å². The van der Waals surface area contributed by atoms with Crippen molar-refractivity contribution in [1.82, 2.24) is 20.0 Å². The Labute approximate surface area is 99.8 Å². The van der Waals surface area contributed by atoms with E-state index in [9.17, 15) is 0 Å². The maximum Gasteiger partial charge on any atom is 0.150 e. The molecule has 1 fully saturated rings. The van der Waals surface area contributed by atoms with Gasteiger partial charge in [0.25, 0.3) is 0 Å². The second kappa shape index (κ2) is 4.33. The Morgan fingerprint density at radius 2 is 2.35 bits per heavy atom. The van der Waals surface area contributed by atoms with Gasteiger partial charge in [-0.15, -0.1) is 0 Å². The molecular weight excluding hydrogens is 216 g/mol. The van der Waals surface area contributed by atoms with E-state index < -0.39 is 0 Å². The Kier molecular flexibility index (Phi) is 2.68. The number of aromatic nitrogens is 3. The summed E-state index contributed by atoms with van der Waals surface area (Å²) in [5.74, 6) is 0.875. The monoisotopic (exact) mass is 232 g/mol. The Bertz CT molecular complexity index is 498. The highest BCUT2D eigenvalue weighted by molar-refractivity contribution is 5.05. The number of nitrogens with zero attached hydrogens (tertiary/aromatic N) is 3. The average Bonchev–Trinajstić information content (AvgIpc) is 2.92. The molecule has 90 valence electrons. The standard InChI is InChI=1S/C12H16N4O/c1-9-4-12(17-15-9)7-13-5-11-6-14-8-16(11)10-2-3-10/h4,6,8,10,13H,2-3,5,7H2,1H3. The molecule has 0 atom stereocenters. The molecule has 3 rings (SSSR count). The number of hydrogen-bond acceptors (Lipinski definition) is 4. The maximum absolute atomic E-state index is 5.14. The van der Waals surface area contributed by atoms with Gasteiger partial charge < -0.3 is 14.4 Å². The summed E-state index contributed by atoms with van der Waals surface area (Å²) in [6.45, 7) is 3.45. The molecule has 0 aromatic carbocycles. The fraction of sp³-hybridized carbons (Fsp3) is 0.500. The lowest BCUT2D eigenvalue weighted by Gasteiger charge is -2.06. The van der Waals surface area contributed by atoms with E-state index in [0.717, 1.165) is 18.0 Å². The van der Waals surface area contributed by atoms with E-state index in [4.69, 9.17) is 4.52 Å². The molecule has 1 aliphatic carbocycles. The highest BCUT2D eigenvalue weighted by Crippen LogP contribution is 2.35. The van der Waals surface area contributed by atoms with E-state index in [-0.39, 0.29) is 0 Å². The zero-order valence-electron chi connectivity index (χ0n) is 9.89. The van der Waals surface area contributed by atoms with Crippen molar-refractivity contribution in [2.24, 2.45) is 0 Å². The predicted molar refractivity (Wildman–Crippen MR) is 62.3 cm³/mol. The summed E-state index contributed by atoms with van der Waals surface area (Å²) in [6, 6.07) is 2.63. The molecule has 2 aromatic rings. The van der Waals surface area contributed by atoms with Crippen LogP contribution in [0.25, 0.3) is 0 Å². The van der Waals surface area contributed by atoms with Crippen LogP contribution in [-0.4, -0.2) is 14.7 Å². The average molecular weight is 232 g/mol. The van der Waals surface area contributed by atoms with E-state index >= 15 is 0 Å². The zero-order valence-corrected chi connectivity index (χ0v) is 9.89. The molecule has 1 aliphatic rings. The summed E-state index contributed by atoms with van der Waals surface area (Å²) >= 11 is 0. The Morgan fingerprint density at radius 3 is 3.06 bits per heavy atom. The summed E-state index contributed by atoms with van der Waals surface area (Å²) in [7, 11) is 0. The summed E-state index contributed by atoms with van der Waals surface area (Å²) in [5.41, 5.74) is 2.16. The molecular formula is C12H16N4O. The first-order valence-electron chi connectivity index (χ1n) is 5.96. The molecule has 17 heavy (non-hydrogen) atoms. The molecule has 5 nitrogen and oxygen atoms in total. The second-order valence-corrected chi connectivity index (χ2v) is 4.56. The number of imidazole rings is 1. The largest absolute Gasteiger partial charge is 0.360 e. The van der Waals surface area contributed by atoms with Gasteiger partial charge in [0.1, 0.15) is 0 Å². The maximum atomic E-state index is 5.14. The van der Waals surface area contributed by atoms with Crippen LogP contribution in [0.2, 0.25) is 0 Å². The molecule has 0 radical (unpaired) electrons. The smallest absolute Gasteiger partial charge is 0.150 e. The fourth-order valence-electron chi connectivity index (χ4n) is 1.96. The van der Waals surface area contributed by atoms with Crippen molar-refractivity contribution in [3.63, 3.8) is 0 Å². The quantitative estimate of drug-likeness (QED) is 0.854. The molecule has 1 saturated carbocycles. The topological polar surface area (TPSA) is 55.9 Å². The fourth-order valence-corrected chi connectivity index (χ4v) is 1.96. The van der Waals surface area contributed by atoms with Crippen molar-refractivity contribution < 1.29 is 4.52 Å². The number of aryl methyl sites for hydroxylation is 1. The molecule has 0 bridgehead atoms. The van der Waals surface area contributed by atoms with Gasteiger partial charge in [-0.25, -0.2) is 4.98 Å². The van der Waals surface area contributed by atoms with Crippen LogP contribution in [0.15, 0.2) is 23.1 Å². The van der Waals surface area contributed by atoms with Crippen LogP contribution in [-0.2, 0) is 13.1 Å². The van der Waals surface area contributed by atoms with Gasteiger partial charge in [0.2, 0.25) is 0 Å². The van der Waals surface area contributed by atoms with Crippen molar-refractivity contribution in [3.8, 4) is 0 Å². The van der Waals surface area contributed by atoms with Crippen molar-refractivity contribution in [2.45, 2.75) is 38.9 Å². The molecule has 5 heteroatoms. The molecule has 0 aliphatic heterocycles. The van der Waals surface area contributed by atoms with Crippen molar-refractivity contribution in [2.75, 3.05) is 0 Å². The number of hydrogen-bond donors (Lipinski definition) is 1. The van der Waals surface area contributed by atoms with Crippen LogP contribution in [0.4, 0.5) is 0 Å². The summed E-state index contributed by atoms with van der Waals surface area (Å²) in [6.07, 6.45) is 6.42. The molecule has 0 unspecified atom stereocenters. The van der Waals surface area contributed by atoms with E-state index in [1.165, 1.54) is 18.5 Å². The normalized spacial score (nSPS) is 15.4. The third-order valence-electron chi connectivity index (χ3n) is 2.97. The Balaban J connectivity index is 1.55. The van der Waals surface area contributed by atoms with Gasteiger partial charge >= 0.3 is 0 Å². The number of nitrogens with one attached hydrogen (secondary N) is 1. The van der Waals surface area contributed by atoms with Gasteiger partial charge in [0.05, 0.1) is 24.3 Å². The predicted octanol–water partition coefficient (Wildman–Crippen LogP) is 1.80. The first kappa shape index (κ1) is 10.5. The highest BCUT2D eigenvalue weighted by atomic mass is 16.5. The third kappa shape index (κ3) is 2.39. The minimum absolute atomic E-state index is 0.682. The first-order valence-corrected chi connectivity index (χ1v) is 5.96. The van der Waals surface area contributed by atoms with E-state index in [0.29, 0.717) is 12.6 Å². The minimum Gasteiger partial charge on any atom is -0.360 e. The van der Waals surface area contributed by atoms with Crippen molar-refractivity contribution >= 4 is 0 Å². The Hall–Kier alpha value is -1.62. The van der Waals surface area contributed by atoms with Crippen LogP contribution < -0.4 is 5.32 Å². The van der Waals surface area contributed by atoms with E-state index in [2.05, 4.69) is 20.0 Å². The lowest BCUT2D eigenvalue weighted by Crippen LogP contribution is -2.15. The van der Waals surface area contributed by atoms with Crippen LogP contribution in [0.5, 0.6) is 0 Å². The molecule has 2 aromatic heterocycles. The lowest BCUT2D eigenvalue weighted by atomic mass is 10.3. The van der Waals surface area contributed by atoms with Crippen LogP contribution >= 0.6 is 0 Å². The second-order valence-electron chi connectivity index (χ2n) is 4.56. The van der Waals surface area contributed by atoms with Crippen molar-refractivity contribution in [1.29, 1.82) is 0 Å². The lowest BCUT2D eigenvalue weighted by molar-refractivity contribution is 0.368. The summed E-state index contributed by atoms with van der Waals surface area (Å²) in [5, 5.41) is 7.20. The van der Waals surface area contributed by atoms with Gasteiger partial charge in [-0.05, 0) is 19.8 Å². The van der Waals surface area contributed by atoms with E-state index in [1.807, 2.05) is 25.5 Å². The van der Waals surface area contributed by atoms with Crippen LogP contribution in [0.1, 0.15) is 36.0 Å². The SMILES string of the molecule is Cc1cc(CNCc2cncn2C2CC2)on1. The number of rotatable bonds is 5. The Morgan fingerprint density at radius 1 is 1.47 bits per heavy atom. The van der Waals surface area contributed by atoms with Crippen LogP contribution in [0, 0.1) is 6.92 Å². The highest BCUT2D eigenvalue weighted by Gasteiger charge is 2.24. The van der Waals surface area contributed by atoms with E-state index in [1.54, 1.807) is 0 Å². The molecule has 2 heterocycles. The van der Waals surface area contributed by atoms with Gasteiger partial charge in [-0.3, -0.25) is 0 Å². The van der Waals surface area contributed by atoms with Gasteiger partial charge in [0, 0.05) is 24.8 Å². The zero-order chi connectivity index (χ0) is 11.7. The summed E-state index contributed by atoms with van der Waals surface area (Å²) < 4.78 is 7.40. The molecule has 0 spiro atoms. The van der Waals surface area contributed by atoms with Crippen molar-refractivity contribution in [3.05, 3.63) is 35.7 Å². The van der Waals surface area contributed by atoms with Crippen LogP contribution in [0.3, 0.4) is 0 Å². The third-order valence-corrected chi connectivity index (χ3v) is 2.97. The molecule has 0 saturated heterocycles. The minimum atomic E-state index is 0.682. The molecule has 1 N–H and O–H groups in total. The molecule has 0 amide bonds. The first-order chi connectivity index (χ1) is 8.33. The van der Waals surface area contributed by atoms with Gasteiger partial charge in [-0.2, -0.15) is 0 Å². The van der Waals surface area contributed by atoms with Gasteiger partial charge in [-0.1, -0.05) is 5.16 Å².